The number of ether oxygens (including phenoxy) is 1. The molecule has 0 fully saturated rings. The molecule has 43 heavy (non-hydrogen) atoms. The summed E-state index contributed by atoms with van der Waals surface area (Å²) in [5.41, 5.74) is -0.458. The molecule has 232 valence electrons. The Balaban J connectivity index is 1.57. The van der Waals surface area contributed by atoms with Crippen LogP contribution < -0.4 is 14.8 Å². The van der Waals surface area contributed by atoms with Gasteiger partial charge in [-0.3, -0.25) is 9.52 Å². The van der Waals surface area contributed by atoms with Gasteiger partial charge in [0.15, 0.2) is 0 Å². The van der Waals surface area contributed by atoms with Crippen molar-refractivity contribution in [2.45, 2.75) is 36.4 Å². The third kappa shape index (κ3) is 7.58. The number of fused-ring (bicyclic) bond motifs is 1. The van der Waals surface area contributed by atoms with Gasteiger partial charge in [-0.2, -0.15) is 13.2 Å². The molecule has 0 saturated carbocycles. The molecule has 2 heterocycles. The summed E-state index contributed by atoms with van der Waals surface area (Å²) in [7, 11) is -2.39. The minimum absolute atomic E-state index is 0.0371. The SMILES string of the molecule is C[C@@H]1CN([C@@H](C)CO)C(=O)c2cc(NS(=O)(=O)c3cccs3)ccc2O[C@@H]1CN(C)C(=O)Nc1ccc(C(F)(F)F)cc1. The van der Waals surface area contributed by atoms with E-state index in [4.69, 9.17) is 4.74 Å². The number of benzene rings is 2. The van der Waals surface area contributed by atoms with E-state index < -0.39 is 45.8 Å². The van der Waals surface area contributed by atoms with Gasteiger partial charge in [-0.05, 0) is 60.8 Å². The van der Waals surface area contributed by atoms with Crippen molar-refractivity contribution in [2.75, 3.05) is 36.8 Å². The fourth-order valence-electron chi connectivity index (χ4n) is 4.44. The van der Waals surface area contributed by atoms with Gasteiger partial charge in [-0.25, -0.2) is 13.2 Å². The minimum Gasteiger partial charge on any atom is -0.487 e. The molecule has 1 aliphatic heterocycles. The molecule has 0 saturated heterocycles. The number of aliphatic hydroxyl groups excluding tert-OH is 1. The second-order valence-corrected chi connectivity index (χ2v) is 13.1. The van der Waals surface area contributed by atoms with Crippen LogP contribution in [0, 0.1) is 5.92 Å². The van der Waals surface area contributed by atoms with E-state index in [0.29, 0.717) is 0 Å². The molecule has 0 radical (unpaired) electrons. The van der Waals surface area contributed by atoms with Crippen molar-refractivity contribution < 1.29 is 41.0 Å². The first-order valence-corrected chi connectivity index (χ1v) is 15.5. The van der Waals surface area contributed by atoms with E-state index in [1.165, 1.54) is 41.1 Å². The number of likely N-dealkylation sites (N-methyl/N-ethyl adjacent to an activating group) is 1. The monoisotopic (exact) mass is 640 g/mol. The molecule has 0 unspecified atom stereocenters. The second kappa shape index (κ2) is 12.8. The van der Waals surface area contributed by atoms with Crippen LogP contribution in [0.4, 0.5) is 29.3 Å². The topological polar surface area (TPSA) is 128 Å². The maximum Gasteiger partial charge on any atom is 0.416 e. The number of carbonyl (C=O) groups excluding carboxylic acids is 2. The van der Waals surface area contributed by atoms with E-state index in [9.17, 15) is 36.3 Å². The van der Waals surface area contributed by atoms with Crippen LogP contribution in [-0.2, 0) is 16.2 Å². The Morgan fingerprint density at radius 2 is 1.86 bits per heavy atom. The van der Waals surface area contributed by atoms with Crippen LogP contribution in [0.1, 0.15) is 29.8 Å². The van der Waals surface area contributed by atoms with E-state index in [0.717, 1.165) is 35.6 Å². The molecule has 1 aromatic heterocycles. The van der Waals surface area contributed by atoms with Crippen LogP contribution in [0.15, 0.2) is 64.2 Å². The molecular weight excluding hydrogens is 609 g/mol. The summed E-state index contributed by atoms with van der Waals surface area (Å²) in [5.74, 6) is -0.635. The molecule has 0 bridgehead atoms. The van der Waals surface area contributed by atoms with Crippen LogP contribution in [0.3, 0.4) is 0 Å². The van der Waals surface area contributed by atoms with Crippen LogP contribution >= 0.6 is 11.3 Å². The third-order valence-electron chi connectivity index (χ3n) is 6.94. The van der Waals surface area contributed by atoms with Gasteiger partial charge in [0.25, 0.3) is 15.9 Å². The van der Waals surface area contributed by atoms with Crippen molar-refractivity contribution in [3.63, 3.8) is 0 Å². The first-order chi connectivity index (χ1) is 20.2. The number of rotatable bonds is 8. The standard InChI is InChI=1S/C28H31F3N4O6S2/c1-17-14-35(18(2)16-36)26(37)22-13-21(33-43(39,40)25-5-4-12-42-25)10-11-23(22)41-24(17)15-34(3)27(38)32-20-8-6-19(7-9-20)28(29,30)31/h4-13,17-18,24,33,36H,14-16H2,1-3H3,(H,32,38)/t17-,18+,24-/m1/s1. The lowest BCUT2D eigenvalue weighted by atomic mass is 9.99. The summed E-state index contributed by atoms with van der Waals surface area (Å²) in [6.07, 6.45) is -5.16. The Morgan fingerprint density at radius 3 is 2.47 bits per heavy atom. The highest BCUT2D eigenvalue weighted by molar-refractivity contribution is 7.94. The lowest BCUT2D eigenvalue weighted by Gasteiger charge is -2.38. The van der Waals surface area contributed by atoms with Gasteiger partial charge in [0.05, 0.1) is 30.3 Å². The zero-order chi connectivity index (χ0) is 31.5. The molecule has 1 aliphatic rings. The summed E-state index contributed by atoms with van der Waals surface area (Å²) in [4.78, 5) is 29.3. The van der Waals surface area contributed by atoms with Crippen LogP contribution in [0.2, 0.25) is 0 Å². The molecule has 3 atom stereocenters. The highest BCUT2D eigenvalue weighted by atomic mass is 32.2. The fraction of sp³-hybridized carbons (Fsp3) is 0.357. The first kappa shape index (κ1) is 32.1. The van der Waals surface area contributed by atoms with Gasteiger partial charge >= 0.3 is 12.2 Å². The predicted octanol–water partition coefficient (Wildman–Crippen LogP) is 4.95. The van der Waals surface area contributed by atoms with E-state index in [-0.39, 0.29) is 52.5 Å². The number of alkyl halides is 3. The molecule has 2 aromatic carbocycles. The summed E-state index contributed by atoms with van der Waals surface area (Å²) >= 11 is 1.04. The number of sulfonamides is 1. The Kier molecular flexibility index (Phi) is 9.57. The van der Waals surface area contributed by atoms with Crippen molar-refractivity contribution in [3.8, 4) is 5.75 Å². The van der Waals surface area contributed by atoms with Gasteiger partial charge in [0.1, 0.15) is 16.1 Å². The van der Waals surface area contributed by atoms with E-state index in [1.54, 1.807) is 18.4 Å². The molecule has 10 nitrogen and oxygen atoms in total. The minimum atomic E-state index is -4.50. The fourth-order valence-corrected chi connectivity index (χ4v) is 6.48. The molecule has 3 N–H and O–H groups in total. The Bertz CT molecular complexity index is 1550. The summed E-state index contributed by atoms with van der Waals surface area (Å²) in [6.45, 7) is 3.37. The zero-order valence-corrected chi connectivity index (χ0v) is 25.1. The summed E-state index contributed by atoms with van der Waals surface area (Å²) in [5, 5.41) is 14.0. The normalized spacial score (nSPS) is 18.1. The number of amides is 3. The Labute approximate surface area is 251 Å². The third-order valence-corrected chi connectivity index (χ3v) is 9.72. The number of hydrogen-bond acceptors (Lipinski definition) is 7. The quantitative estimate of drug-likeness (QED) is 0.320. The van der Waals surface area contributed by atoms with Crippen molar-refractivity contribution in [2.24, 2.45) is 5.92 Å². The number of carbonyl (C=O) groups is 2. The van der Waals surface area contributed by atoms with Crippen molar-refractivity contribution in [1.82, 2.24) is 9.80 Å². The van der Waals surface area contributed by atoms with E-state index >= 15 is 0 Å². The molecule has 0 aliphatic carbocycles. The molecule has 0 spiro atoms. The second-order valence-electron chi connectivity index (χ2n) is 10.3. The van der Waals surface area contributed by atoms with Gasteiger partial charge in [0.2, 0.25) is 0 Å². The van der Waals surface area contributed by atoms with E-state index in [2.05, 4.69) is 10.0 Å². The van der Waals surface area contributed by atoms with Crippen LogP contribution in [0.25, 0.3) is 0 Å². The highest BCUT2D eigenvalue weighted by Gasteiger charge is 2.35. The number of nitrogens with zero attached hydrogens (tertiary/aromatic N) is 2. The number of thiophene rings is 1. The number of aliphatic hydroxyl groups is 1. The number of hydrogen-bond donors (Lipinski definition) is 3. The summed E-state index contributed by atoms with van der Waals surface area (Å²) in [6, 6.07) is 10.2. The maximum absolute atomic E-state index is 13.6. The highest BCUT2D eigenvalue weighted by Crippen LogP contribution is 2.32. The van der Waals surface area contributed by atoms with E-state index in [1.807, 2.05) is 6.92 Å². The van der Waals surface area contributed by atoms with Crippen molar-refractivity contribution >= 4 is 44.7 Å². The predicted molar refractivity (Wildman–Crippen MR) is 156 cm³/mol. The molecule has 3 amide bonds. The lowest BCUT2D eigenvalue weighted by molar-refractivity contribution is -0.137. The van der Waals surface area contributed by atoms with Crippen molar-refractivity contribution in [1.29, 1.82) is 0 Å². The van der Waals surface area contributed by atoms with Gasteiger partial charge in [0, 0.05) is 30.9 Å². The number of urea groups is 1. The largest absolute Gasteiger partial charge is 0.487 e. The van der Waals surface area contributed by atoms with Crippen LogP contribution in [-0.4, -0.2) is 74.2 Å². The number of anilines is 2. The molecule has 3 aromatic rings. The molecule has 4 rings (SSSR count). The average molecular weight is 641 g/mol. The maximum atomic E-state index is 13.6. The van der Waals surface area contributed by atoms with Gasteiger partial charge in [-0.15, -0.1) is 11.3 Å². The average Bonchev–Trinajstić information content (AvgIpc) is 3.51. The Hall–Kier alpha value is -3.82. The smallest absolute Gasteiger partial charge is 0.416 e. The van der Waals surface area contributed by atoms with Gasteiger partial charge < -0.3 is 25.0 Å². The first-order valence-electron chi connectivity index (χ1n) is 13.2. The number of nitrogens with one attached hydrogen (secondary N) is 2. The van der Waals surface area contributed by atoms with Gasteiger partial charge in [-0.1, -0.05) is 13.0 Å². The number of halogens is 3. The van der Waals surface area contributed by atoms with Crippen molar-refractivity contribution in [3.05, 3.63) is 71.1 Å². The molecular formula is C28H31F3N4O6S2. The lowest BCUT2D eigenvalue weighted by Crippen LogP contribution is -2.50. The van der Waals surface area contributed by atoms with Crippen LogP contribution in [0.5, 0.6) is 5.75 Å². The zero-order valence-electron chi connectivity index (χ0n) is 23.5. The molecule has 15 heteroatoms. The summed E-state index contributed by atoms with van der Waals surface area (Å²) < 4.78 is 73.0. The Morgan fingerprint density at radius 1 is 1.19 bits per heavy atom.